The van der Waals surface area contributed by atoms with Crippen LogP contribution in [0.4, 0.5) is 29.5 Å². The van der Waals surface area contributed by atoms with Gasteiger partial charge in [0.25, 0.3) is 22.2 Å². The zero-order valence-corrected chi connectivity index (χ0v) is 77.4. The Hall–Kier alpha value is -7.23. The molecule has 24 atom stereocenters. The summed E-state index contributed by atoms with van der Waals surface area (Å²) in [4.78, 5) is 196. The highest BCUT2D eigenvalue weighted by Crippen LogP contribution is 2.58. The molecule has 56 nitrogen and oxygen atoms in total. The van der Waals surface area contributed by atoms with E-state index in [2.05, 4.69) is 79.7 Å². The van der Waals surface area contributed by atoms with Crippen LogP contribution in [0, 0.1) is 6.92 Å². The average Bonchev–Trinajstić information content (AvgIpc) is 1.63. The third-order valence-electron chi connectivity index (χ3n) is 21.5. The summed E-state index contributed by atoms with van der Waals surface area (Å²) in [6, 6.07) is 0. The lowest BCUT2D eigenvalue weighted by molar-refractivity contribution is -0.0558. The summed E-state index contributed by atoms with van der Waals surface area (Å²) in [6.45, 7) is -26.8. The number of anilines is 5. The number of ether oxygens (including phenoxy) is 6. The number of rotatable bonds is 35. The molecular formula is C62H79N27O29P6S6. The SMILES string of the molecule is CC[C@H]1O[C@@H](n2cnc3c(N)ncnc32)CC1OP(O)(=S)OC[C@H]1O[C@@H](n2cnc3c(=O)[nH]c(N)nc32)CC1OP(O)(=S)OC[C@H]1O[C@@H](n2cnc3c(=O)[nH]c(N)nc32)CC1OP(O)(=S)OC[C@H]1O[C@@H](n2cnc3c(N)ncnc32)CC1OP(O)(=S)OC[C@H]1O[C@@H](n2cnc3c(=O)[nH]c(N)nc32)CC1OP(O)(=S)OC[C@H]1O[C@@H](n2cc(C)c(=O)[nH]c2=O)CC1OP(O)(=S)OC. The molecule has 0 aromatic carbocycles. The molecule has 6 fully saturated rings. The maximum Gasteiger partial charge on any atom is 0.330 e. The van der Waals surface area contributed by atoms with Crippen LogP contribution in [0.25, 0.3) is 55.8 Å². The van der Waals surface area contributed by atoms with E-state index in [1.165, 1.54) is 75.7 Å². The molecule has 0 aliphatic carbocycles. The van der Waals surface area contributed by atoms with Gasteiger partial charge in [-0.1, -0.05) is 6.92 Å². The van der Waals surface area contributed by atoms with Gasteiger partial charge in [-0.15, -0.1) is 0 Å². The van der Waals surface area contributed by atoms with Gasteiger partial charge in [0.1, 0.15) is 91.6 Å². The summed E-state index contributed by atoms with van der Waals surface area (Å²) in [5.74, 6) is -0.681. The minimum Gasteiger partial charge on any atom is -0.382 e. The van der Waals surface area contributed by atoms with Gasteiger partial charge < -0.3 is 141 Å². The van der Waals surface area contributed by atoms with Crippen molar-refractivity contribution in [2.24, 2.45) is 0 Å². The molecule has 6 aliphatic rings. The van der Waals surface area contributed by atoms with E-state index < -0.39 is 212 Å². The molecule has 17 heterocycles. The number of nitrogens with two attached hydrogens (primary N) is 5. The average molecular weight is 2040 g/mol. The summed E-state index contributed by atoms with van der Waals surface area (Å²) in [5, 5.41) is 0. The number of nitrogen functional groups attached to an aromatic ring is 5. The summed E-state index contributed by atoms with van der Waals surface area (Å²) in [5.41, 5.74) is 27.3. The highest BCUT2D eigenvalue weighted by atomic mass is 32.5. The Bertz CT molecular complexity index is 6810. The van der Waals surface area contributed by atoms with Crippen LogP contribution in [0.1, 0.15) is 94.8 Å². The molecule has 6 aliphatic heterocycles. The number of nitrogens with one attached hydrogen (secondary N) is 4. The standard InChI is InChI=1S/C62H79N27O29P6S6/c1-4-25-26(5-38(107-25)85-19-72-43-48(63)68-17-70-50(43)85)114-120(96,126)102-14-34-29(8-40(110-34)87-21-74-45-52(87)77-59(65)80-56(45)91)117-124(100,130)106-16-36-31(10-42(112-36)89-23-76-47-54(89)79-61(67)82-58(47)93)118-123(99,129)104-13-33-28(7-39(109-33)86-20-73-44-49(64)69-18-71-51(44)86)115-122(98,128)105-15-35-30(9-41(111-35)88-22-75-46-53(88)78-60(66)81-57(46)92)116-121(97,127)103-12-32-27(113-119(95,125)101-3)6-37(108-32)84-11-24(2)55(90)83-62(84)94/h11,17-23,25-42H,4-10,12-16H2,1-3H3,(H,95,125)(H,96,126)(H,97,127)(H,98,128)(H,99,129)(H,100,130)(H2,63,68,70)(H2,64,69,71)(H,83,90,94)(H3,65,77,80,91)(H3,66,78,81,92)(H3,67,79,82,93)/t25-,26?,27?,28?,29?,30?,31?,32-,33-,34-,35-,36-,37-,38-,39-,40-,41-,42-,119?,120?,121?,122?,123?,124?/m1/s1. The van der Waals surface area contributed by atoms with E-state index in [1.807, 2.05) is 6.92 Å². The lowest BCUT2D eigenvalue weighted by Crippen LogP contribution is -2.33. The van der Waals surface area contributed by atoms with E-state index in [-0.39, 0.29) is 118 Å². The van der Waals surface area contributed by atoms with Crippen LogP contribution in [0.2, 0.25) is 0 Å². The molecule has 11 aromatic rings. The van der Waals surface area contributed by atoms with Crippen molar-refractivity contribution >= 4 is 196 Å². The topological polar surface area (TPSA) is 750 Å². The Morgan fingerprint density at radius 3 is 0.923 bits per heavy atom. The van der Waals surface area contributed by atoms with E-state index in [0.717, 1.165) is 11.7 Å². The second kappa shape index (κ2) is 37.5. The number of H-pyrrole nitrogens is 4. The summed E-state index contributed by atoms with van der Waals surface area (Å²) < 4.78 is 119. The zero-order chi connectivity index (χ0) is 92.2. The minimum absolute atomic E-state index is 0.00436. The van der Waals surface area contributed by atoms with E-state index in [9.17, 15) is 53.3 Å². The highest BCUT2D eigenvalue weighted by Gasteiger charge is 2.51. The van der Waals surface area contributed by atoms with Gasteiger partial charge in [-0.25, -0.2) is 49.7 Å². The predicted octanol–water partition coefficient (Wildman–Crippen LogP) is 0.312. The molecule has 17 rings (SSSR count). The molecule has 11 aromatic heterocycles. The largest absolute Gasteiger partial charge is 0.382 e. The van der Waals surface area contributed by atoms with E-state index in [1.54, 1.807) is 4.57 Å². The zero-order valence-electron chi connectivity index (χ0n) is 67.1. The molecule has 20 N–H and O–H groups in total. The Balaban J connectivity index is 0.598. The van der Waals surface area contributed by atoms with Crippen LogP contribution in [0.3, 0.4) is 0 Å². The predicted molar refractivity (Wildman–Crippen MR) is 470 cm³/mol. The quantitative estimate of drug-likeness (QED) is 0.0238. The van der Waals surface area contributed by atoms with Crippen LogP contribution in [-0.2, 0) is 154 Å². The molecule has 0 spiro atoms. The third-order valence-corrected chi connectivity index (χ3v) is 31.1. The van der Waals surface area contributed by atoms with Gasteiger partial charge in [-0.2, -0.15) is 15.0 Å². The van der Waals surface area contributed by atoms with Crippen LogP contribution >= 0.6 is 40.3 Å². The van der Waals surface area contributed by atoms with Crippen molar-refractivity contribution < 1.29 is 112 Å². The number of aromatic nitrogens is 22. The number of aryl methyl sites for hydroxylation is 1. The van der Waals surface area contributed by atoms with Crippen molar-refractivity contribution in [3.63, 3.8) is 0 Å². The fourth-order valence-corrected chi connectivity index (χ4v) is 23.8. The first-order valence-electron chi connectivity index (χ1n) is 38.8. The lowest BCUT2D eigenvalue weighted by atomic mass is 10.1. The molecule has 68 heteroatoms. The lowest BCUT2D eigenvalue weighted by Gasteiger charge is -2.28. The third kappa shape index (κ3) is 20.5. The van der Waals surface area contributed by atoms with Crippen LogP contribution in [0.15, 0.2) is 74.5 Å². The normalized spacial score (nSPS) is 28.9. The van der Waals surface area contributed by atoms with E-state index in [0.29, 0.717) is 17.6 Å². The van der Waals surface area contributed by atoms with Crippen molar-refractivity contribution in [2.75, 3.05) is 68.8 Å². The second-order valence-corrected chi connectivity index (χ2v) is 46.8. The Kier molecular flexibility index (Phi) is 27.2. The Labute approximate surface area is 757 Å². The number of hydrogen-bond donors (Lipinski definition) is 15. The monoisotopic (exact) mass is 2040 g/mol. The van der Waals surface area contributed by atoms with Gasteiger partial charge in [-0.05, 0) is 84.2 Å². The summed E-state index contributed by atoms with van der Waals surface area (Å²) >= 11 is 33.5. The van der Waals surface area contributed by atoms with Gasteiger partial charge in [-0.3, -0.25) is 66.5 Å². The molecule has 0 bridgehead atoms. The van der Waals surface area contributed by atoms with E-state index in [4.69, 9.17) is 182 Å². The maximum atomic E-state index is 13.1. The second-order valence-electron chi connectivity index (χ2n) is 29.9. The summed E-state index contributed by atoms with van der Waals surface area (Å²) in [7, 11) is 1.11. The van der Waals surface area contributed by atoms with Crippen LogP contribution < -0.4 is 56.6 Å². The maximum absolute atomic E-state index is 13.1. The van der Waals surface area contributed by atoms with Gasteiger partial charge in [0, 0.05) is 57.4 Å². The molecule has 130 heavy (non-hydrogen) atoms. The molecule has 0 radical (unpaired) electrons. The fraction of sp³-hybridized carbons (Fsp3) is 0.532. The number of fused-ring (bicyclic) bond motifs is 5. The Morgan fingerprint density at radius 1 is 0.369 bits per heavy atom. The highest BCUT2D eigenvalue weighted by molar-refractivity contribution is 8.08. The Morgan fingerprint density at radius 2 is 0.631 bits per heavy atom. The van der Waals surface area contributed by atoms with Crippen molar-refractivity contribution in [3.05, 3.63) is 108 Å². The molecule has 0 saturated carbocycles. The molecule has 702 valence electrons. The van der Waals surface area contributed by atoms with Gasteiger partial charge in [0.05, 0.1) is 107 Å². The number of imidazole rings is 5. The molecular weight excluding hydrogens is 1970 g/mol. The first kappa shape index (κ1) is 94.5. The fourth-order valence-electron chi connectivity index (χ4n) is 15.5. The molecule has 0 amide bonds. The smallest absolute Gasteiger partial charge is 0.330 e. The van der Waals surface area contributed by atoms with E-state index >= 15 is 0 Å². The van der Waals surface area contributed by atoms with Gasteiger partial charge in [0.15, 0.2) is 56.4 Å². The van der Waals surface area contributed by atoms with Gasteiger partial charge in [0.2, 0.25) is 17.8 Å². The van der Waals surface area contributed by atoms with Crippen molar-refractivity contribution in [2.45, 2.75) is 169 Å². The molecule has 12 unspecified atom stereocenters. The molecule has 6 saturated heterocycles. The first-order chi connectivity index (χ1) is 61.6. The van der Waals surface area contributed by atoms with Crippen molar-refractivity contribution in [1.82, 2.24) is 107 Å². The van der Waals surface area contributed by atoms with Crippen LogP contribution in [-0.4, -0.2) is 250 Å². The van der Waals surface area contributed by atoms with Crippen molar-refractivity contribution in [3.8, 4) is 0 Å². The number of nitrogens with zero attached hydrogens (tertiary/aromatic N) is 18. The van der Waals surface area contributed by atoms with Crippen LogP contribution in [0.5, 0.6) is 0 Å². The first-order valence-corrected chi connectivity index (χ1v) is 54.3. The van der Waals surface area contributed by atoms with Gasteiger partial charge >= 0.3 is 46.0 Å². The van der Waals surface area contributed by atoms with Crippen molar-refractivity contribution in [1.29, 1.82) is 0 Å². The minimum atomic E-state index is -4.68. The number of aromatic amines is 4. The number of hydrogen-bond acceptors (Lipinski definition) is 46. The summed E-state index contributed by atoms with van der Waals surface area (Å²) in [6.07, 6.45) is -11.6.